The quantitative estimate of drug-likeness (QED) is 0.385. The predicted molar refractivity (Wildman–Crippen MR) is 150 cm³/mol. The van der Waals surface area contributed by atoms with E-state index in [1.165, 1.54) is 26.4 Å². The van der Waals surface area contributed by atoms with E-state index in [0.717, 1.165) is 0 Å². The van der Waals surface area contributed by atoms with Crippen LogP contribution in [0.3, 0.4) is 0 Å². The van der Waals surface area contributed by atoms with E-state index in [4.69, 9.17) is 9.47 Å². The molecule has 2 aliphatic heterocycles. The molecule has 3 aliphatic rings. The van der Waals surface area contributed by atoms with E-state index in [1.54, 1.807) is 60.7 Å². The zero-order valence-corrected chi connectivity index (χ0v) is 23.0. The van der Waals surface area contributed by atoms with Gasteiger partial charge in [0.15, 0.2) is 28.8 Å². The summed E-state index contributed by atoms with van der Waals surface area (Å²) in [4.78, 5) is 45.6. The highest BCUT2D eigenvalue weighted by Crippen LogP contribution is 2.61. The van der Waals surface area contributed by atoms with E-state index in [0.29, 0.717) is 39.4 Å². The zero-order chi connectivity index (χ0) is 28.6. The third-order valence-corrected chi connectivity index (χ3v) is 8.54. The van der Waals surface area contributed by atoms with Crippen molar-refractivity contribution in [1.29, 1.82) is 0 Å². The van der Waals surface area contributed by atoms with Crippen molar-refractivity contribution in [3.63, 3.8) is 0 Å². The summed E-state index contributed by atoms with van der Waals surface area (Å²) in [5, 5.41) is 0. The standard InChI is InChI=1S/C33H30FNO5/c1-32(2,3)31(38)28-27(19-10-14-24(39-4)25(17-19)40-5)33(29(36)21-8-6-7-9-22(21)30(33)37)26-15-11-18-16-20(34)12-13-23(18)35(26)28/h6-17,26-28H,1-5H3/t26?,27-,28+/m0/s1. The molecule has 3 aromatic rings. The van der Waals surface area contributed by atoms with Crippen molar-refractivity contribution in [2.24, 2.45) is 10.8 Å². The summed E-state index contributed by atoms with van der Waals surface area (Å²) in [6.07, 6.45) is 3.54. The molecule has 7 heteroatoms. The molecule has 6 nitrogen and oxygen atoms in total. The van der Waals surface area contributed by atoms with Gasteiger partial charge in [0.2, 0.25) is 0 Å². The fraction of sp³-hybridized carbons (Fsp3) is 0.303. The number of rotatable bonds is 4. The van der Waals surface area contributed by atoms with Crippen LogP contribution < -0.4 is 14.4 Å². The van der Waals surface area contributed by atoms with Crippen molar-refractivity contribution >= 4 is 29.1 Å². The maximum absolute atomic E-state index is 14.6. The van der Waals surface area contributed by atoms with Crippen molar-refractivity contribution in [3.05, 3.63) is 94.8 Å². The van der Waals surface area contributed by atoms with Crippen molar-refractivity contribution < 1.29 is 28.2 Å². The largest absolute Gasteiger partial charge is 0.493 e. The normalized spacial score (nSPS) is 22.2. The van der Waals surface area contributed by atoms with Crippen LogP contribution in [0.1, 0.15) is 58.5 Å². The number of hydrogen-bond acceptors (Lipinski definition) is 6. The first-order chi connectivity index (χ1) is 19.0. The van der Waals surface area contributed by atoms with Gasteiger partial charge in [-0.15, -0.1) is 0 Å². The summed E-state index contributed by atoms with van der Waals surface area (Å²) in [7, 11) is 3.05. The molecule has 0 N–H and O–H groups in total. The van der Waals surface area contributed by atoms with Gasteiger partial charge in [-0.25, -0.2) is 4.39 Å². The fourth-order valence-electron chi connectivity index (χ4n) is 6.81. The summed E-state index contributed by atoms with van der Waals surface area (Å²) in [6, 6.07) is 14.8. The lowest BCUT2D eigenvalue weighted by atomic mass is 9.63. The maximum atomic E-state index is 14.6. The average Bonchev–Trinajstić information content (AvgIpc) is 3.37. The van der Waals surface area contributed by atoms with Gasteiger partial charge >= 0.3 is 0 Å². The van der Waals surface area contributed by atoms with Crippen LogP contribution in [0.15, 0.2) is 66.7 Å². The van der Waals surface area contributed by atoms with Gasteiger partial charge in [0.05, 0.1) is 26.3 Å². The van der Waals surface area contributed by atoms with E-state index >= 15 is 0 Å². The molecule has 40 heavy (non-hydrogen) atoms. The van der Waals surface area contributed by atoms with E-state index in [9.17, 15) is 18.8 Å². The molecule has 3 aromatic carbocycles. The summed E-state index contributed by atoms with van der Waals surface area (Å²) in [6.45, 7) is 5.50. The van der Waals surface area contributed by atoms with Crippen LogP contribution in [-0.2, 0) is 4.79 Å². The predicted octanol–water partition coefficient (Wildman–Crippen LogP) is 5.89. The molecule has 1 fully saturated rings. The van der Waals surface area contributed by atoms with E-state index < -0.39 is 34.6 Å². The highest BCUT2D eigenvalue weighted by molar-refractivity contribution is 6.32. The van der Waals surface area contributed by atoms with Crippen LogP contribution in [-0.4, -0.2) is 43.7 Å². The van der Waals surface area contributed by atoms with Gasteiger partial charge in [-0.1, -0.05) is 63.3 Å². The average molecular weight is 540 g/mol. The summed E-state index contributed by atoms with van der Waals surface area (Å²) in [5.41, 5.74) is 0.0598. The minimum absolute atomic E-state index is 0.128. The molecule has 2 heterocycles. The van der Waals surface area contributed by atoms with Crippen LogP contribution >= 0.6 is 0 Å². The smallest absolute Gasteiger partial charge is 0.180 e. The van der Waals surface area contributed by atoms with Gasteiger partial charge in [-0.2, -0.15) is 0 Å². The van der Waals surface area contributed by atoms with Gasteiger partial charge in [-0.3, -0.25) is 14.4 Å². The van der Waals surface area contributed by atoms with Crippen molar-refractivity contribution in [3.8, 4) is 11.5 Å². The van der Waals surface area contributed by atoms with Crippen LogP contribution in [0.2, 0.25) is 0 Å². The molecule has 0 aromatic heterocycles. The van der Waals surface area contributed by atoms with Crippen LogP contribution in [0.25, 0.3) is 6.08 Å². The van der Waals surface area contributed by atoms with E-state index in [1.807, 2.05) is 25.7 Å². The molecule has 204 valence electrons. The second-order valence-electron chi connectivity index (χ2n) is 11.6. The highest BCUT2D eigenvalue weighted by Gasteiger charge is 2.72. The van der Waals surface area contributed by atoms with Crippen molar-refractivity contribution in [2.75, 3.05) is 19.1 Å². The lowest BCUT2D eigenvalue weighted by Crippen LogP contribution is -2.49. The van der Waals surface area contributed by atoms with Crippen molar-refractivity contribution in [2.45, 2.75) is 38.8 Å². The first-order valence-corrected chi connectivity index (χ1v) is 13.3. The SMILES string of the molecule is COc1ccc([C@H]2[C@H](C(=O)C(C)(C)C)N3c4ccc(F)cc4C=CC3C23C(=O)c2ccccc2C3=O)cc1OC. The fourth-order valence-corrected chi connectivity index (χ4v) is 6.81. The molecule has 3 atom stereocenters. The molecule has 1 spiro atoms. The lowest BCUT2D eigenvalue weighted by molar-refractivity contribution is -0.127. The first-order valence-electron chi connectivity index (χ1n) is 13.3. The molecule has 0 radical (unpaired) electrons. The number of nitrogens with zero attached hydrogens (tertiary/aromatic N) is 1. The minimum Gasteiger partial charge on any atom is -0.493 e. The van der Waals surface area contributed by atoms with Gasteiger partial charge in [0, 0.05) is 33.7 Å². The Morgan fingerprint density at radius 3 is 2.15 bits per heavy atom. The Morgan fingerprint density at radius 1 is 0.900 bits per heavy atom. The second-order valence-corrected chi connectivity index (χ2v) is 11.6. The Kier molecular flexibility index (Phi) is 5.77. The number of Topliss-reactive ketones (excluding diaryl/α,β-unsaturated/α-hetero) is 3. The summed E-state index contributed by atoms with van der Waals surface area (Å²) >= 11 is 0. The number of benzene rings is 3. The van der Waals surface area contributed by atoms with Crippen LogP contribution in [0.4, 0.5) is 10.1 Å². The third-order valence-electron chi connectivity index (χ3n) is 8.54. The Balaban J connectivity index is 1.70. The molecule has 6 rings (SSSR count). The Bertz CT molecular complexity index is 1580. The number of carbonyl (C=O) groups is 3. The number of ether oxygens (including phenoxy) is 2. The van der Waals surface area contributed by atoms with Gasteiger partial charge in [0.25, 0.3) is 0 Å². The topological polar surface area (TPSA) is 72.9 Å². The number of ketones is 3. The number of carbonyl (C=O) groups excluding carboxylic acids is 3. The maximum Gasteiger partial charge on any atom is 0.180 e. The Labute approximate surface area is 232 Å². The molecule has 1 unspecified atom stereocenters. The lowest BCUT2D eigenvalue weighted by Gasteiger charge is -2.38. The van der Waals surface area contributed by atoms with E-state index in [-0.39, 0.29) is 17.3 Å². The first kappa shape index (κ1) is 26.0. The number of halogens is 1. The Morgan fingerprint density at radius 2 is 1.55 bits per heavy atom. The number of methoxy groups -OCH3 is 2. The van der Waals surface area contributed by atoms with Gasteiger partial charge < -0.3 is 14.4 Å². The number of fused-ring (bicyclic) bond motifs is 5. The highest BCUT2D eigenvalue weighted by atomic mass is 19.1. The second kappa shape index (κ2) is 8.88. The number of anilines is 1. The summed E-state index contributed by atoms with van der Waals surface area (Å²) < 4.78 is 25.4. The molecular formula is C33H30FNO5. The molecule has 1 saturated heterocycles. The molecule has 1 aliphatic carbocycles. The minimum atomic E-state index is -1.63. The van der Waals surface area contributed by atoms with Gasteiger partial charge in [0.1, 0.15) is 11.2 Å². The molecule has 0 amide bonds. The number of hydrogen-bond donors (Lipinski definition) is 0. The molecular weight excluding hydrogens is 509 g/mol. The molecule has 0 saturated carbocycles. The Hall–Kier alpha value is -4.26. The van der Waals surface area contributed by atoms with E-state index in [2.05, 4.69) is 0 Å². The van der Waals surface area contributed by atoms with Crippen LogP contribution in [0, 0.1) is 16.6 Å². The van der Waals surface area contributed by atoms with Crippen LogP contribution in [0.5, 0.6) is 11.5 Å². The monoisotopic (exact) mass is 539 g/mol. The van der Waals surface area contributed by atoms with Crippen molar-refractivity contribution in [1.82, 2.24) is 0 Å². The summed E-state index contributed by atoms with van der Waals surface area (Å²) in [5.74, 6) is -1.12. The molecule has 0 bridgehead atoms. The third kappa shape index (κ3) is 3.36. The zero-order valence-electron chi connectivity index (χ0n) is 23.0. The van der Waals surface area contributed by atoms with Gasteiger partial charge in [-0.05, 0) is 35.9 Å².